The Balaban J connectivity index is 2.40. The van der Waals surface area contributed by atoms with Crippen molar-refractivity contribution in [2.75, 3.05) is 0 Å². The van der Waals surface area contributed by atoms with Crippen molar-refractivity contribution in [3.8, 4) is 5.75 Å². The Hall–Kier alpha value is -2.29. The van der Waals surface area contributed by atoms with Crippen molar-refractivity contribution in [3.63, 3.8) is 0 Å². The lowest BCUT2D eigenvalue weighted by molar-refractivity contribution is -0.115. The molecule has 1 aromatic carbocycles. The molecule has 1 aliphatic heterocycles. The smallest absolute Gasteiger partial charge is 0.248 e. The highest BCUT2D eigenvalue weighted by Crippen LogP contribution is 2.23. The number of phenols is 1. The van der Waals surface area contributed by atoms with E-state index in [0.29, 0.717) is 11.3 Å². The Morgan fingerprint density at radius 1 is 1.06 bits per heavy atom. The molecule has 0 bridgehead atoms. The Bertz CT molecular complexity index is 498. The molecule has 2 rings (SSSR count). The SMILES string of the molecule is O=C1\C=C/C=C\C=C(\c2ccccc2O)N1. The van der Waals surface area contributed by atoms with Crippen LogP contribution in [0.3, 0.4) is 0 Å². The average molecular weight is 213 g/mol. The lowest BCUT2D eigenvalue weighted by Crippen LogP contribution is -2.19. The van der Waals surface area contributed by atoms with Gasteiger partial charge in [0, 0.05) is 11.6 Å². The standard InChI is InChI=1S/C13H11NO2/c15-12-8-5-4-6-10(12)11-7-2-1-3-9-13(16)14-11/h1-9,15H,(H,14,16). The fraction of sp³-hybridized carbons (Fsp3) is 0. The van der Waals surface area contributed by atoms with E-state index >= 15 is 0 Å². The zero-order valence-corrected chi connectivity index (χ0v) is 8.55. The van der Waals surface area contributed by atoms with Crippen LogP contribution in [0.2, 0.25) is 0 Å². The molecule has 0 spiro atoms. The van der Waals surface area contributed by atoms with E-state index in [9.17, 15) is 9.90 Å². The molecule has 1 amide bonds. The summed E-state index contributed by atoms with van der Waals surface area (Å²) in [7, 11) is 0. The quantitative estimate of drug-likeness (QED) is 0.749. The van der Waals surface area contributed by atoms with Gasteiger partial charge < -0.3 is 10.4 Å². The number of nitrogens with one attached hydrogen (secondary N) is 1. The summed E-state index contributed by atoms with van der Waals surface area (Å²) >= 11 is 0. The van der Waals surface area contributed by atoms with Crippen LogP contribution in [0, 0.1) is 0 Å². The summed E-state index contributed by atoms with van der Waals surface area (Å²) in [6.07, 6.45) is 8.41. The molecule has 3 nitrogen and oxygen atoms in total. The largest absolute Gasteiger partial charge is 0.507 e. The number of para-hydroxylation sites is 1. The molecule has 0 aromatic heterocycles. The third-order valence-corrected chi connectivity index (χ3v) is 2.18. The summed E-state index contributed by atoms with van der Waals surface area (Å²) in [4.78, 5) is 11.4. The van der Waals surface area contributed by atoms with Gasteiger partial charge >= 0.3 is 0 Å². The third-order valence-electron chi connectivity index (χ3n) is 2.18. The lowest BCUT2D eigenvalue weighted by Gasteiger charge is -2.10. The number of phenolic OH excluding ortho intramolecular Hbond substituents is 1. The van der Waals surface area contributed by atoms with Crippen molar-refractivity contribution >= 4 is 11.6 Å². The minimum absolute atomic E-state index is 0.145. The topological polar surface area (TPSA) is 49.3 Å². The van der Waals surface area contributed by atoms with Crippen LogP contribution >= 0.6 is 0 Å². The number of carbonyl (C=O) groups excluding carboxylic acids is 1. The highest BCUT2D eigenvalue weighted by molar-refractivity contribution is 5.95. The molecular formula is C13H11NO2. The molecule has 0 unspecified atom stereocenters. The predicted molar refractivity (Wildman–Crippen MR) is 62.5 cm³/mol. The van der Waals surface area contributed by atoms with Crippen molar-refractivity contribution in [1.29, 1.82) is 0 Å². The molecule has 0 atom stereocenters. The van der Waals surface area contributed by atoms with E-state index in [1.807, 2.05) is 0 Å². The summed E-state index contributed by atoms with van der Waals surface area (Å²) in [6, 6.07) is 6.88. The van der Waals surface area contributed by atoms with Crippen LogP contribution in [-0.4, -0.2) is 11.0 Å². The number of hydrogen-bond donors (Lipinski definition) is 2. The van der Waals surface area contributed by atoms with Crippen LogP contribution in [0.15, 0.2) is 54.6 Å². The number of hydrogen-bond acceptors (Lipinski definition) is 2. The van der Waals surface area contributed by atoms with Gasteiger partial charge in [-0.1, -0.05) is 30.4 Å². The third kappa shape index (κ3) is 2.20. The molecule has 0 fully saturated rings. The van der Waals surface area contributed by atoms with E-state index in [0.717, 1.165) is 0 Å². The Kier molecular flexibility index (Phi) is 2.87. The Morgan fingerprint density at radius 3 is 2.69 bits per heavy atom. The summed E-state index contributed by atoms with van der Waals surface area (Å²) in [5.74, 6) is -0.0640. The zero-order valence-electron chi connectivity index (χ0n) is 8.55. The maximum absolute atomic E-state index is 11.4. The van der Waals surface area contributed by atoms with Gasteiger partial charge in [0.25, 0.3) is 0 Å². The maximum atomic E-state index is 11.4. The first-order valence-corrected chi connectivity index (χ1v) is 4.92. The highest BCUT2D eigenvalue weighted by atomic mass is 16.3. The van der Waals surface area contributed by atoms with Gasteiger partial charge in [-0.25, -0.2) is 0 Å². The first kappa shape index (κ1) is 10.2. The van der Waals surface area contributed by atoms with Gasteiger partial charge in [-0.2, -0.15) is 0 Å². The number of carbonyl (C=O) groups is 1. The first-order chi connectivity index (χ1) is 7.77. The molecule has 1 aliphatic rings. The molecule has 1 heterocycles. The number of rotatable bonds is 1. The number of amides is 1. The van der Waals surface area contributed by atoms with Crippen molar-refractivity contribution in [2.24, 2.45) is 0 Å². The normalized spacial score (nSPS) is 22.2. The molecule has 2 N–H and O–H groups in total. The van der Waals surface area contributed by atoms with E-state index < -0.39 is 0 Å². The molecule has 1 aromatic rings. The highest BCUT2D eigenvalue weighted by Gasteiger charge is 2.08. The zero-order chi connectivity index (χ0) is 11.4. The van der Waals surface area contributed by atoms with Crippen molar-refractivity contribution in [3.05, 3.63) is 60.2 Å². The molecule has 0 saturated heterocycles. The van der Waals surface area contributed by atoms with E-state index in [4.69, 9.17) is 0 Å². The number of aromatic hydroxyl groups is 1. The Morgan fingerprint density at radius 2 is 1.88 bits per heavy atom. The van der Waals surface area contributed by atoms with Crippen LogP contribution in [0.5, 0.6) is 5.75 Å². The fourth-order valence-electron chi connectivity index (χ4n) is 1.43. The minimum atomic E-state index is -0.209. The van der Waals surface area contributed by atoms with Gasteiger partial charge in [0.2, 0.25) is 5.91 Å². The van der Waals surface area contributed by atoms with Crippen molar-refractivity contribution in [1.82, 2.24) is 5.32 Å². The van der Waals surface area contributed by atoms with Gasteiger partial charge in [0.15, 0.2) is 0 Å². The van der Waals surface area contributed by atoms with E-state index in [1.165, 1.54) is 6.08 Å². The summed E-state index contributed by atoms with van der Waals surface area (Å²) in [5, 5.41) is 12.4. The van der Waals surface area contributed by atoms with Crippen LogP contribution < -0.4 is 5.32 Å². The van der Waals surface area contributed by atoms with E-state index in [-0.39, 0.29) is 11.7 Å². The van der Waals surface area contributed by atoms with Crippen LogP contribution in [0.4, 0.5) is 0 Å². The summed E-state index contributed by atoms with van der Waals surface area (Å²) in [6.45, 7) is 0. The lowest BCUT2D eigenvalue weighted by atomic mass is 10.1. The second kappa shape index (κ2) is 4.49. The van der Waals surface area contributed by atoms with Crippen LogP contribution in [0.25, 0.3) is 5.70 Å². The average Bonchev–Trinajstić information content (AvgIpc) is 2.24. The van der Waals surface area contributed by atoms with Gasteiger partial charge in [0.05, 0.1) is 5.70 Å². The molecule has 16 heavy (non-hydrogen) atoms. The van der Waals surface area contributed by atoms with E-state index in [2.05, 4.69) is 5.32 Å². The molecule has 80 valence electrons. The second-order valence-electron chi connectivity index (χ2n) is 3.33. The number of benzene rings is 1. The molecule has 3 heteroatoms. The second-order valence-corrected chi connectivity index (χ2v) is 3.33. The van der Waals surface area contributed by atoms with Crippen LogP contribution in [-0.2, 0) is 4.79 Å². The van der Waals surface area contributed by atoms with Gasteiger partial charge in [-0.05, 0) is 18.2 Å². The Labute approximate surface area is 93.4 Å². The van der Waals surface area contributed by atoms with Gasteiger partial charge in [-0.3, -0.25) is 4.79 Å². The summed E-state index contributed by atoms with van der Waals surface area (Å²) in [5.41, 5.74) is 1.19. The fourth-order valence-corrected chi connectivity index (χ4v) is 1.43. The van der Waals surface area contributed by atoms with Crippen LogP contribution in [0.1, 0.15) is 5.56 Å². The molecule has 0 radical (unpaired) electrons. The summed E-state index contributed by atoms with van der Waals surface area (Å²) < 4.78 is 0. The van der Waals surface area contributed by atoms with Gasteiger partial charge in [0.1, 0.15) is 5.75 Å². The molecular weight excluding hydrogens is 202 g/mol. The van der Waals surface area contributed by atoms with Crippen molar-refractivity contribution in [2.45, 2.75) is 0 Å². The first-order valence-electron chi connectivity index (χ1n) is 4.92. The maximum Gasteiger partial charge on any atom is 0.248 e. The van der Waals surface area contributed by atoms with Crippen molar-refractivity contribution < 1.29 is 9.90 Å². The van der Waals surface area contributed by atoms with Gasteiger partial charge in [-0.15, -0.1) is 0 Å². The molecule has 0 aliphatic carbocycles. The predicted octanol–water partition coefficient (Wildman–Crippen LogP) is 1.98. The minimum Gasteiger partial charge on any atom is -0.507 e. The van der Waals surface area contributed by atoms with E-state index in [1.54, 1.807) is 48.6 Å². The molecule has 0 saturated carbocycles. The monoisotopic (exact) mass is 213 g/mol. The number of allylic oxidation sites excluding steroid dienone is 4.